The lowest BCUT2D eigenvalue weighted by Crippen LogP contribution is -2.03. The van der Waals surface area contributed by atoms with Gasteiger partial charge in [-0.05, 0) is 18.2 Å². The fourth-order valence-corrected chi connectivity index (χ4v) is 0.570. The zero-order chi connectivity index (χ0) is 7.61. The first-order valence-electron chi connectivity index (χ1n) is 2.64. The molecule has 0 aromatic heterocycles. The van der Waals surface area contributed by atoms with E-state index in [1.165, 1.54) is 12.1 Å². The van der Waals surface area contributed by atoms with Crippen LogP contribution in [0, 0.1) is 6.07 Å². The minimum Gasteiger partial charge on any atom is -0.166 e. The molecule has 0 spiro atoms. The standard InChI is InChI=1S/C7H4F3.Mg.2H/c8-7(9,10)6-4-2-1-3-5-6;;;/h1-2,4-5H;;;. The molecule has 0 unspecified atom stereocenters. The Bertz CT molecular complexity index is 205. The molecule has 0 fully saturated rings. The van der Waals surface area contributed by atoms with Crippen molar-refractivity contribution in [3.63, 3.8) is 0 Å². The molecular formula is C7H6F3Mg. The van der Waals surface area contributed by atoms with Crippen LogP contribution in [0.25, 0.3) is 0 Å². The van der Waals surface area contributed by atoms with Gasteiger partial charge in [0.05, 0.1) is 5.56 Å². The molecule has 1 rings (SSSR count). The predicted molar refractivity (Wildman–Crippen MR) is 38.8 cm³/mol. The third-order valence-corrected chi connectivity index (χ3v) is 1.03. The highest BCUT2D eigenvalue weighted by Gasteiger charge is 2.29. The van der Waals surface area contributed by atoms with Crippen LogP contribution >= 0.6 is 0 Å². The first-order valence-corrected chi connectivity index (χ1v) is 2.64. The second kappa shape index (κ2) is 3.97. The lowest BCUT2D eigenvalue weighted by molar-refractivity contribution is -0.137. The highest BCUT2D eigenvalue weighted by Crippen LogP contribution is 2.28. The number of halogens is 3. The van der Waals surface area contributed by atoms with Gasteiger partial charge in [-0.15, -0.1) is 0 Å². The second-order valence-corrected chi connectivity index (χ2v) is 1.79. The molecule has 0 amide bonds. The van der Waals surface area contributed by atoms with Crippen LogP contribution in [0.5, 0.6) is 0 Å². The first-order chi connectivity index (χ1) is 4.61. The Kier molecular flexibility index (Phi) is 3.89. The Morgan fingerprint density at radius 1 is 1.27 bits per heavy atom. The van der Waals surface area contributed by atoms with E-state index in [0.29, 0.717) is 0 Å². The van der Waals surface area contributed by atoms with Gasteiger partial charge in [-0.2, -0.15) is 13.2 Å². The Hall–Kier alpha value is -0.224. The Morgan fingerprint density at radius 3 is 2.18 bits per heavy atom. The number of alkyl halides is 3. The van der Waals surface area contributed by atoms with Gasteiger partial charge in [0.1, 0.15) is 0 Å². The number of rotatable bonds is 0. The Morgan fingerprint density at radius 2 is 1.91 bits per heavy atom. The zero-order valence-corrected chi connectivity index (χ0v) is 4.94. The van der Waals surface area contributed by atoms with Crippen molar-refractivity contribution in [3.8, 4) is 0 Å². The van der Waals surface area contributed by atoms with E-state index >= 15 is 0 Å². The minimum atomic E-state index is -4.24. The molecule has 0 atom stereocenters. The van der Waals surface area contributed by atoms with Crippen molar-refractivity contribution in [2.24, 2.45) is 0 Å². The maximum Gasteiger partial charge on any atom is 0.416 e. The molecule has 0 saturated heterocycles. The number of hydrogen-bond acceptors (Lipinski definition) is 0. The van der Waals surface area contributed by atoms with Crippen LogP contribution in [0.3, 0.4) is 0 Å². The summed E-state index contributed by atoms with van der Waals surface area (Å²) < 4.78 is 35.3. The van der Waals surface area contributed by atoms with Crippen LogP contribution in [-0.4, -0.2) is 23.1 Å². The van der Waals surface area contributed by atoms with Crippen molar-refractivity contribution >= 4 is 23.1 Å². The van der Waals surface area contributed by atoms with Gasteiger partial charge in [0, 0.05) is 0 Å². The normalized spacial score (nSPS) is 10.5. The van der Waals surface area contributed by atoms with E-state index in [1.807, 2.05) is 0 Å². The summed E-state index contributed by atoms with van der Waals surface area (Å²) in [4.78, 5) is 0. The smallest absolute Gasteiger partial charge is 0.166 e. The first kappa shape index (κ1) is 10.8. The van der Waals surface area contributed by atoms with E-state index < -0.39 is 11.7 Å². The van der Waals surface area contributed by atoms with E-state index in [-0.39, 0.29) is 23.1 Å². The van der Waals surface area contributed by atoms with Gasteiger partial charge in [-0.3, -0.25) is 0 Å². The second-order valence-electron chi connectivity index (χ2n) is 1.79. The summed E-state index contributed by atoms with van der Waals surface area (Å²) in [6.07, 6.45) is -4.24. The highest BCUT2D eigenvalue weighted by molar-refractivity contribution is 5.75. The molecule has 0 bridgehead atoms. The van der Waals surface area contributed by atoms with Crippen molar-refractivity contribution < 1.29 is 13.2 Å². The van der Waals surface area contributed by atoms with Crippen LogP contribution in [-0.2, 0) is 6.18 Å². The van der Waals surface area contributed by atoms with Gasteiger partial charge < -0.3 is 0 Å². The molecule has 1 radical (unpaired) electrons. The van der Waals surface area contributed by atoms with Crippen LogP contribution in [0.15, 0.2) is 24.3 Å². The molecule has 0 aliphatic heterocycles. The van der Waals surface area contributed by atoms with Gasteiger partial charge >= 0.3 is 29.2 Å². The SMILES string of the molecule is FC(F)(F)c1c[c]ccc1.[MgH2]. The quantitative estimate of drug-likeness (QED) is 0.520. The summed E-state index contributed by atoms with van der Waals surface area (Å²) in [6, 6.07) is 7.01. The van der Waals surface area contributed by atoms with Crippen molar-refractivity contribution in [2.45, 2.75) is 6.18 Å². The lowest BCUT2D eigenvalue weighted by atomic mass is 10.2. The largest absolute Gasteiger partial charge is 0.416 e. The summed E-state index contributed by atoms with van der Waals surface area (Å²) in [5.74, 6) is 0. The Balaban J connectivity index is 0.000001000. The van der Waals surface area contributed by atoms with E-state index in [2.05, 4.69) is 6.07 Å². The summed E-state index contributed by atoms with van der Waals surface area (Å²) in [6.45, 7) is 0. The molecule has 0 nitrogen and oxygen atoms in total. The zero-order valence-electron chi connectivity index (χ0n) is 4.94. The molecule has 1 aromatic rings. The average Bonchev–Trinajstić information content (AvgIpc) is 1.88. The highest BCUT2D eigenvalue weighted by atomic mass is 24.3. The molecule has 57 valence electrons. The van der Waals surface area contributed by atoms with Crippen LogP contribution in [0.1, 0.15) is 5.56 Å². The van der Waals surface area contributed by atoms with Gasteiger partial charge in [0.25, 0.3) is 0 Å². The van der Waals surface area contributed by atoms with E-state index in [9.17, 15) is 13.2 Å². The fraction of sp³-hybridized carbons (Fsp3) is 0.143. The molecule has 1 aromatic carbocycles. The van der Waals surface area contributed by atoms with Gasteiger partial charge in [-0.25, -0.2) is 0 Å². The summed E-state index contributed by atoms with van der Waals surface area (Å²) in [7, 11) is 0. The number of hydrogen-bond donors (Lipinski definition) is 0. The van der Waals surface area contributed by atoms with Crippen molar-refractivity contribution in [3.05, 3.63) is 35.9 Å². The van der Waals surface area contributed by atoms with Crippen molar-refractivity contribution in [2.75, 3.05) is 0 Å². The molecule has 0 aliphatic carbocycles. The van der Waals surface area contributed by atoms with Gasteiger partial charge in [0.15, 0.2) is 0 Å². The van der Waals surface area contributed by atoms with Crippen molar-refractivity contribution in [1.82, 2.24) is 0 Å². The molecule has 0 N–H and O–H groups in total. The number of benzene rings is 1. The van der Waals surface area contributed by atoms with E-state index in [4.69, 9.17) is 0 Å². The predicted octanol–water partition coefficient (Wildman–Crippen LogP) is 1.59. The average molecular weight is 171 g/mol. The maximum absolute atomic E-state index is 11.8. The van der Waals surface area contributed by atoms with Crippen LogP contribution in [0.4, 0.5) is 13.2 Å². The summed E-state index contributed by atoms with van der Waals surface area (Å²) >= 11 is 0. The summed E-state index contributed by atoms with van der Waals surface area (Å²) in [5.41, 5.74) is -0.657. The molecule has 11 heavy (non-hydrogen) atoms. The van der Waals surface area contributed by atoms with Gasteiger partial charge in [-0.1, -0.05) is 12.1 Å². The molecule has 4 heteroatoms. The van der Waals surface area contributed by atoms with E-state index in [0.717, 1.165) is 12.1 Å². The third-order valence-electron chi connectivity index (χ3n) is 1.03. The monoisotopic (exact) mass is 171 g/mol. The minimum absolute atomic E-state index is 0. The molecular weight excluding hydrogens is 165 g/mol. The van der Waals surface area contributed by atoms with Crippen molar-refractivity contribution in [1.29, 1.82) is 0 Å². The van der Waals surface area contributed by atoms with Crippen LogP contribution < -0.4 is 0 Å². The molecule has 0 heterocycles. The molecule has 0 saturated carbocycles. The maximum atomic E-state index is 11.8. The van der Waals surface area contributed by atoms with Gasteiger partial charge in [0.2, 0.25) is 0 Å². The Labute approximate surface area is 78.6 Å². The molecule has 0 aliphatic rings. The summed E-state index contributed by atoms with van der Waals surface area (Å²) in [5, 5.41) is 0. The lowest BCUT2D eigenvalue weighted by Gasteiger charge is -2.03. The van der Waals surface area contributed by atoms with E-state index in [1.54, 1.807) is 0 Å². The third kappa shape index (κ3) is 3.11. The van der Waals surface area contributed by atoms with Crippen LogP contribution in [0.2, 0.25) is 0 Å². The fourth-order valence-electron chi connectivity index (χ4n) is 0.570. The topological polar surface area (TPSA) is 0 Å².